The molecular weight excluding hydrogens is 292 g/mol. The minimum Gasteiger partial charge on any atom is -0.389 e. The van der Waals surface area contributed by atoms with Crippen LogP contribution in [0.1, 0.15) is 49.8 Å². The number of amides is 1. The van der Waals surface area contributed by atoms with E-state index < -0.39 is 5.60 Å². The highest BCUT2D eigenvalue weighted by Gasteiger charge is 2.38. The van der Waals surface area contributed by atoms with Gasteiger partial charge in [0.15, 0.2) is 0 Å². The van der Waals surface area contributed by atoms with Gasteiger partial charge in [-0.2, -0.15) is 0 Å². The van der Waals surface area contributed by atoms with E-state index in [-0.39, 0.29) is 12.3 Å². The van der Waals surface area contributed by atoms with Gasteiger partial charge < -0.3 is 15.3 Å². The van der Waals surface area contributed by atoms with Gasteiger partial charge in [0.2, 0.25) is 5.91 Å². The van der Waals surface area contributed by atoms with Gasteiger partial charge in [0.1, 0.15) is 12.1 Å². The van der Waals surface area contributed by atoms with Crippen LogP contribution in [0.2, 0.25) is 0 Å². The second-order valence-electron chi connectivity index (χ2n) is 7.20. The van der Waals surface area contributed by atoms with Crippen molar-refractivity contribution in [2.75, 3.05) is 18.4 Å². The van der Waals surface area contributed by atoms with Gasteiger partial charge >= 0.3 is 0 Å². The third-order valence-corrected chi connectivity index (χ3v) is 5.32. The monoisotopic (exact) mass is 316 g/mol. The number of hydrogen-bond acceptors (Lipinski definition) is 5. The van der Waals surface area contributed by atoms with Crippen molar-refractivity contribution in [3.05, 3.63) is 17.6 Å². The minimum absolute atomic E-state index is 0.0738. The van der Waals surface area contributed by atoms with E-state index in [2.05, 4.69) is 15.3 Å². The Morgan fingerprint density at radius 1 is 1.30 bits per heavy atom. The average molecular weight is 316 g/mol. The third kappa shape index (κ3) is 3.17. The van der Waals surface area contributed by atoms with Crippen molar-refractivity contribution < 1.29 is 9.90 Å². The van der Waals surface area contributed by atoms with Crippen LogP contribution in [0.15, 0.2) is 6.33 Å². The highest BCUT2D eigenvalue weighted by molar-refractivity contribution is 5.77. The molecule has 2 N–H and O–H groups in total. The molecule has 6 nitrogen and oxygen atoms in total. The van der Waals surface area contributed by atoms with E-state index in [1.54, 1.807) is 6.33 Å². The molecule has 0 spiro atoms. The Labute approximate surface area is 136 Å². The van der Waals surface area contributed by atoms with Crippen LogP contribution in [0.3, 0.4) is 0 Å². The summed E-state index contributed by atoms with van der Waals surface area (Å²) in [5.41, 5.74) is 1.48. The summed E-state index contributed by atoms with van der Waals surface area (Å²) in [6.45, 7) is 1.37. The summed E-state index contributed by atoms with van der Waals surface area (Å²) in [6, 6.07) is 0.558. The largest absolute Gasteiger partial charge is 0.389 e. The fraction of sp³-hybridized carbons (Fsp3) is 0.706. The van der Waals surface area contributed by atoms with Gasteiger partial charge in [-0.05, 0) is 38.5 Å². The highest BCUT2D eigenvalue weighted by Crippen LogP contribution is 2.35. The first kappa shape index (κ1) is 14.9. The first-order chi connectivity index (χ1) is 11.1. The van der Waals surface area contributed by atoms with Crippen molar-refractivity contribution in [1.29, 1.82) is 0 Å². The molecular formula is C17H24N4O2. The molecule has 0 radical (unpaired) electrons. The van der Waals surface area contributed by atoms with Gasteiger partial charge in [-0.25, -0.2) is 9.97 Å². The molecule has 124 valence electrons. The Morgan fingerprint density at radius 2 is 2.09 bits per heavy atom. The number of nitrogens with one attached hydrogen (secondary N) is 1. The van der Waals surface area contributed by atoms with Gasteiger partial charge in [-0.3, -0.25) is 4.79 Å². The second kappa shape index (κ2) is 5.74. The Balaban J connectivity index is 1.44. The highest BCUT2D eigenvalue weighted by atomic mass is 16.3. The van der Waals surface area contributed by atoms with E-state index in [1.807, 2.05) is 4.90 Å². The van der Waals surface area contributed by atoms with Crippen LogP contribution >= 0.6 is 0 Å². The first-order valence-electron chi connectivity index (χ1n) is 8.72. The van der Waals surface area contributed by atoms with Gasteiger partial charge in [0.05, 0.1) is 17.7 Å². The average Bonchev–Trinajstić information content (AvgIpc) is 3.32. The maximum Gasteiger partial charge on any atom is 0.225 e. The van der Waals surface area contributed by atoms with E-state index in [4.69, 9.17) is 0 Å². The topological polar surface area (TPSA) is 78.3 Å². The smallest absolute Gasteiger partial charge is 0.225 e. The van der Waals surface area contributed by atoms with Crippen LogP contribution in [0.5, 0.6) is 0 Å². The summed E-state index contributed by atoms with van der Waals surface area (Å²) < 4.78 is 0. The molecule has 0 unspecified atom stereocenters. The van der Waals surface area contributed by atoms with Gasteiger partial charge in [0.25, 0.3) is 0 Å². The molecule has 3 aliphatic rings. The summed E-state index contributed by atoms with van der Waals surface area (Å²) in [7, 11) is 0. The molecule has 0 bridgehead atoms. The molecule has 1 aliphatic heterocycles. The molecule has 23 heavy (non-hydrogen) atoms. The Morgan fingerprint density at radius 3 is 2.78 bits per heavy atom. The molecule has 0 atom stereocenters. The third-order valence-electron chi connectivity index (χ3n) is 5.32. The van der Waals surface area contributed by atoms with Crippen molar-refractivity contribution >= 4 is 11.7 Å². The Kier molecular flexibility index (Phi) is 3.71. The maximum absolute atomic E-state index is 12.5. The van der Waals surface area contributed by atoms with Crippen molar-refractivity contribution in [2.24, 2.45) is 0 Å². The zero-order valence-electron chi connectivity index (χ0n) is 13.4. The fourth-order valence-electron chi connectivity index (χ4n) is 3.48. The summed E-state index contributed by atoms with van der Waals surface area (Å²) in [4.78, 5) is 23.2. The summed E-state index contributed by atoms with van der Waals surface area (Å²) >= 11 is 0. The molecule has 1 amide bonds. The van der Waals surface area contributed by atoms with E-state index in [1.165, 1.54) is 12.8 Å². The second-order valence-corrected chi connectivity index (χ2v) is 7.20. The van der Waals surface area contributed by atoms with Crippen LogP contribution in [0.4, 0.5) is 5.82 Å². The molecule has 6 heteroatoms. The molecule has 2 aliphatic carbocycles. The van der Waals surface area contributed by atoms with Crippen LogP contribution < -0.4 is 5.32 Å². The van der Waals surface area contributed by atoms with Gasteiger partial charge in [-0.15, -0.1) is 0 Å². The number of aromatic nitrogens is 2. The summed E-state index contributed by atoms with van der Waals surface area (Å²) in [5.74, 6) is 1.02. The lowest BCUT2D eigenvalue weighted by molar-refractivity contribution is -0.140. The normalized spacial score (nSPS) is 22.7. The SMILES string of the molecule is O=C(CC1(O)CCC1)N1CCc2ncnc(NC3CC3)c2CC1. The molecule has 0 saturated heterocycles. The zero-order chi connectivity index (χ0) is 15.9. The molecule has 4 rings (SSSR count). The number of carbonyl (C=O) groups excluding carboxylic acids is 1. The Bertz CT molecular complexity index is 611. The lowest BCUT2D eigenvalue weighted by Gasteiger charge is -2.37. The molecule has 1 aromatic rings. The number of hydrogen-bond donors (Lipinski definition) is 2. The van der Waals surface area contributed by atoms with Crippen LogP contribution in [-0.4, -0.2) is 50.6 Å². The van der Waals surface area contributed by atoms with Crippen molar-refractivity contribution in [2.45, 2.75) is 63.0 Å². The summed E-state index contributed by atoms with van der Waals surface area (Å²) in [5, 5.41) is 13.7. The number of rotatable bonds is 4. The molecule has 2 heterocycles. The van der Waals surface area contributed by atoms with E-state index in [0.717, 1.165) is 49.2 Å². The number of aliphatic hydroxyl groups is 1. The Hall–Kier alpha value is -1.69. The van der Waals surface area contributed by atoms with Crippen molar-refractivity contribution in [3.8, 4) is 0 Å². The zero-order valence-corrected chi connectivity index (χ0v) is 13.4. The lowest BCUT2D eigenvalue weighted by atomic mass is 9.77. The lowest BCUT2D eigenvalue weighted by Crippen LogP contribution is -2.44. The van der Waals surface area contributed by atoms with Crippen LogP contribution in [0, 0.1) is 0 Å². The van der Waals surface area contributed by atoms with Gasteiger partial charge in [-0.1, -0.05) is 0 Å². The van der Waals surface area contributed by atoms with E-state index >= 15 is 0 Å². The molecule has 2 saturated carbocycles. The number of anilines is 1. The van der Waals surface area contributed by atoms with Crippen molar-refractivity contribution in [3.63, 3.8) is 0 Å². The standard InChI is InChI=1S/C17H24N4O2/c22-15(10-17(23)6-1-7-17)21-8-4-13-14(5-9-21)18-11-19-16(13)20-12-2-3-12/h11-12,23H,1-10H2,(H,18,19,20). The predicted molar refractivity (Wildman–Crippen MR) is 86.1 cm³/mol. The first-order valence-corrected chi connectivity index (χ1v) is 8.72. The van der Waals surface area contributed by atoms with E-state index in [9.17, 15) is 9.90 Å². The number of fused-ring (bicyclic) bond motifs is 1. The number of nitrogens with zero attached hydrogens (tertiary/aromatic N) is 3. The molecule has 2 fully saturated rings. The molecule has 0 aromatic carbocycles. The van der Waals surface area contributed by atoms with Gasteiger partial charge in [0, 0.05) is 31.1 Å². The fourth-order valence-corrected chi connectivity index (χ4v) is 3.48. The number of carbonyl (C=O) groups is 1. The van der Waals surface area contributed by atoms with Crippen LogP contribution in [0.25, 0.3) is 0 Å². The van der Waals surface area contributed by atoms with Crippen molar-refractivity contribution in [1.82, 2.24) is 14.9 Å². The van der Waals surface area contributed by atoms with E-state index in [0.29, 0.717) is 19.1 Å². The predicted octanol–water partition coefficient (Wildman–Crippen LogP) is 1.28. The minimum atomic E-state index is -0.741. The summed E-state index contributed by atoms with van der Waals surface area (Å²) in [6.07, 6.45) is 8.41. The maximum atomic E-state index is 12.5. The quantitative estimate of drug-likeness (QED) is 0.875. The van der Waals surface area contributed by atoms with Crippen LogP contribution in [-0.2, 0) is 17.6 Å². The molecule has 1 aromatic heterocycles.